The quantitative estimate of drug-likeness (QED) is 0.266. The van der Waals surface area contributed by atoms with Gasteiger partial charge in [0.05, 0.1) is 26.2 Å². The van der Waals surface area contributed by atoms with Crippen molar-refractivity contribution >= 4 is 50.0 Å². The Morgan fingerprint density at radius 2 is 1.77 bits per heavy atom. The molecule has 0 atom stereocenters. The molecule has 0 aliphatic heterocycles. The van der Waals surface area contributed by atoms with Gasteiger partial charge >= 0.3 is 6.36 Å². The first-order valence-corrected chi connectivity index (χ1v) is 12.7. The largest absolute Gasteiger partial charge is 0.573 e. The third kappa shape index (κ3) is 5.50. The first-order chi connectivity index (χ1) is 16.5. The van der Waals surface area contributed by atoms with Crippen LogP contribution in [0.15, 0.2) is 59.5 Å². The van der Waals surface area contributed by atoms with Gasteiger partial charge in [0.15, 0.2) is 9.84 Å². The first-order valence-electron chi connectivity index (χ1n) is 10.3. The summed E-state index contributed by atoms with van der Waals surface area (Å²) in [6, 6.07) is 13.5. The Kier molecular flexibility index (Phi) is 6.90. The summed E-state index contributed by atoms with van der Waals surface area (Å²) in [5.74, 6) is -0.0763. The van der Waals surface area contributed by atoms with Crippen LogP contribution < -0.4 is 10.1 Å². The number of benzene rings is 3. The maximum atomic E-state index is 12.9. The molecule has 4 aromatic rings. The van der Waals surface area contributed by atoms with Gasteiger partial charge in [-0.05, 0) is 29.8 Å². The van der Waals surface area contributed by atoms with Crippen molar-refractivity contribution in [2.75, 3.05) is 11.1 Å². The summed E-state index contributed by atoms with van der Waals surface area (Å²) in [4.78, 5) is 7.68. The molecule has 0 saturated carbocycles. The summed E-state index contributed by atoms with van der Waals surface area (Å²) in [5.41, 5.74) is 1.82. The zero-order chi connectivity index (χ0) is 25.4. The minimum absolute atomic E-state index is 0.0156. The number of nitrogens with zero attached hydrogens (tertiary/aromatic N) is 1. The molecule has 6 nitrogen and oxygen atoms in total. The Balaban J connectivity index is 1.62. The van der Waals surface area contributed by atoms with Crippen molar-refractivity contribution < 1.29 is 26.3 Å². The van der Waals surface area contributed by atoms with Gasteiger partial charge in [0.1, 0.15) is 11.3 Å². The second-order valence-electron chi connectivity index (χ2n) is 7.47. The maximum Gasteiger partial charge on any atom is 0.573 e. The molecule has 35 heavy (non-hydrogen) atoms. The summed E-state index contributed by atoms with van der Waals surface area (Å²) in [5, 5.41) is 3.25. The van der Waals surface area contributed by atoms with Gasteiger partial charge in [0.25, 0.3) is 0 Å². The van der Waals surface area contributed by atoms with E-state index in [1.807, 2.05) is 0 Å². The molecule has 2 N–H and O–H groups in total. The van der Waals surface area contributed by atoms with Crippen molar-refractivity contribution in [2.45, 2.75) is 24.7 Å². The molecule has 0 spiro atoms. The number of alkyl halides is 3. The van der Waals surface area contributed by atoms with Crippen LogP contribution >= 0.6 is 23.2 Å². The number of halogens is 5. The van der Waals surface area contributed by atoms with Crippen LogP contribution in [0.1, 0.15) is 12.5 Å². The molecule has 4 rings (SSSR count). The number of hydrogen-bond acceptors (Lipinski definition) is 5. The van der Waals surface area contributed by atoms with Crippen molar-refractivity contribution in [1.82, 2.24) is 9.97 Å². The van der Waals surface area contributed by atoms with Crippen LogP contribution in [-0.4, -0.2) is 30.5 Å². The molecule has 0 aliphatic carbocycles. The molecule has 0 radical (unpaired) electrons. The van der Waals surface area contributed by atoms with E-state index in [4.69, 9.17) is 23.2 Å². The van der Waals surface area contributed by atoms with Crippen LogP contribution in [0, 0.1) is 0 Å². The lowest BCUT2D eigenvalue weighted by molar-refractivity contribution is -0.274. The van der Waals surface area contributed by atoms with E-state index in [0.717, 1.165) is 5.56 Å². The number of hydrogen-bond donors (Lipinski definition) is 2. The lowest BCUT2D eigenvalue weighted by Crippen LogP contribution is -2.17. The summed E-state index contributed by atoms with van der Waals surface area (Å²) in [7, 11) is -3.29. The van der Waals surface area contributed by atoms with E-state index >= 15 is 0 Å². The van der Waals surface area contributed by atoms with Crippen molar-refractivity contribution in [3.8, 4) is 16.9 Å². The Morgan fingerprint density at radius 3 is 2.43 bits per heavy atom. The molecule has 12 heteroatoms. The SMILES string of the molecule is CCS(=O)(=O)c1ccc(CNc2nc3c(Cl)c(-c4ccccc4OC(F)(F)F)c(Cl)cc3[nH]2)cc1. The van der Waals surface area contributed by atoms with Crippen LogP contribution in [0.25, 0.3) is 22.2 Å². The highest BCUT2D eigenvalue weighted by atomic mass is 35.5. The number of para-hydroxylation sites is 1. The van der Waals surface area contributed by atoms with Gasteiger partial charge in [-0.25, -0.2) is 13.4 Å². The predicted molar refractivity (Wildman–Crippen MR) is 130 cm³/mol. The van der Waals surface area contributed by atoms with E-state index < -0.39 is 21.9 Å². The van der Waals surface area contributed by atoms with Crippen LogP contribution in [0.2, 0.25) is 10.0 Å². The van der Waals surface area contributed by atoms with Gasteiger partial charge in [-0.2, -0.15) is 0 Å². The van der Waals surface area contributed by atoms with Gasteiger partial charge in [-0.3, -0.25) is 0 Å². The average molecular weight is 544 g/mol. The highest BCUT2D eigenvalue weighted by Crippen LogP contribution is 2.44. The third-order valence-electron chi connectivity index (χ3n) is 5.17. The predicted octanol–water partition coefficient (Wildman–Crippen LogP) is 6.84. The Bertz CT molecular complexity index is 1490. The van der Waals surface area contributed by atoms with Crippen LogP contribution in [0.3, 0.4) is 0 Å². The van der Waals surface area contributed by atoms with E-state index in [-0.39, 0.29) is 31.8 Å². The fourth-order valence-corrected chi connectivity index (χ4v) is 5.05. The normalized spacial score (nSPS) is 12.2. The third-order valence-corrected chi connectivity index (χ3v) is 7.59. The van der Waals surface area contributed by atoms with Gasteiger partial charge < -0.3 is 15.0 Å². The number of sulfone groups is 1. The Hall–Kier alpha value is -2.95. The second kappa shape index (κ2) is 9.60. The molecule has 0 saturated heterocycles. The smallest absolute Gasteiger partial charge is 0.405 e. The molecule has 0 aliphatic rings. The maximum absolute atomic E-state index is 12.9. The number of aromatic nitrogens is 2. The fourth-order valence-electron chi connectivity index (χ4n) is 3.47. The van der Waals surface area contributed by atoms with Crippen molar-refractivity contribution in [1.29, 1.82) is 0 Å². The molecule has 1 aromatic heterocycles. The number of nitrogens with one attached hydrogen (secondary N) is 2. The van der Waals surface area contributed by atoms with E-state index in [0.29, 0.717) is 23.5 Å². The Morgan fingerprint density at radius 1 is 1.09 bits per heavy atom. The van der Waals surface area contributed by atoms with E-state index in [9.17, 15) is 21.6 Å². The average Bonchev–Trinajstić information content (AvgIpc) is 3.21. The summed E-state index contributed by atoms with van der Waals surface area (Å²) >= 11 is 12.9. The zero-order valence-corrected chi connectivity index (χ0v) is 20.4. The molecule has 3 aromatic carbocycles. The van der Waals surface area contributed by atoms with Gasteiger partial charge in [-0.15, -0.1) is 13.2 Å². The summed E-state index contributed by atoms with van der Waals surface area (Å²) < 4.78 is 66.7. The van der Waals surface area contributed by atoms with Crippen LogP contribution in [0.4, 0.5) is 19.1 Å². The van der Waals surface area contributed by atoms with Crippen LogP contribution in [-0.2, 0) is 16.4 Å². The molecule has 1 heterocycles. The number of imidazole rings is 1. The topological polar surface area (TPSA) is 84.1 Å². The fraction of sp³-hybridized carbons (Fsp3) is 0.174. The van der Waals surface area contributed by atoms with E-state index in [1.165, 1.54) is 36.4 Å². The number of H-pyrrole nitrogens is 1. The number of ether oxygens (including phenoxy) is 1. The highest BCUT2D eigenvalue weighted by Gasteiger charge is 2.33. The minimum atomic E-state index is -4.89. The lowest BCUT2D eigenvalue weighted by Gasteiger charge is -2.15. The summed E-state index contributed by atoms with van der Waals surface area (Å²) in [6.07, 6.45) is -4.89. The zero-order valence-electron chi connectivity index (χ0n) is 18.1. The molecule has 0 unspecified atom stereocenters. The van der Waals surface area contributed by atoms with Crippen molar-refractivity contribution in [3.05, 3.63) is 70.2 Å². The molecule has 0 fully saturated rings. The highest BCUT2D eigenvalue weighted by molar-refractivity contribution is 7.91. The lowest BCUT2D eigenvalue weighted by atomic mass is 10.0. The molecular formula is C23H18Cl2F3N3O3S. The number of rotatable bonds is 7. The molecule has 0 amide bonds. The Labute approximate surface area is 209 Å². The standard InChI is InChI=1S/C23H18Cl2F3N3O3S/c1-2-35(32,33)14-9-7-13(8-10-14)12-29-22-30-17-11-16(24)19(20(25)21(17)31-22)15-5-3-4-6-18(15)34-23(26,27)28/h3-11H,2,12H2,1H3,(H2,29,30,31). The van der Waals surface area contributed by atoms with E-state index in [1.54, 1.807) is 25.1 Å². The van der Waals surface area contributed by atoms with Crippen LogP contribution in [0.5, 0.6) is 5.75 Å². The first kappa shape index (κ1) is 25.2. The number of anilines is 1. The molecule has 0 bridgehead atoms. The van der Waals surface area contributed by atoms with E-state index in [2.05, 4.69) is 20.0 Å². The minimum Gasteiger partial charge on any atom is -0.405 e. The molecular weight excluding hydrogens is 526 g/mol. The monoisotopic (exact) mass is 543 g/mol. The number of aromatic amines is 1. The molecule has 184 valence electrons. The van der Waals surface area contributed by atoms with Crippen molar-refractivity contribution in [3.63, 3.8) is 0 Å². The summed E-state index contributed by atoms with van der Waals surface area (Å²) in [6.45, 7) is 1.91. The van der Waals surface area contributed by atoms with Gasteiger partial charge in [0.2, 0.25) is 5.95 Å². The van der Waals surface area contributed by atoms with Gasteiger partial charge in [-0.1, -0.05) is 60.5 Å². The van der Waals surface area contributed by atoms with Crippen molar-refractivity contribution in [2.24, 2.45) is 0 Å². The second-order valence-corrected chi connectivity index (χ2v) is 10.5. The van der Waals surface area contributed by atoms with Gasteiger partial charge in [0, 0.05) is 17.7 Å². The number of fused-ring (bicyclic) bond motifs is 1.